The lowest BCUT2D eigenvalue weighted by atomic mass is 10.0. The first-order valence-corrected chi connectivity index (χ1v) is 8.40. The standard InChI is InChI=1S/C20H25NO2/c1-15(2)21-13-19-11-9-17-8-10-18(12-20(17)23-19)22-14-16-6-4-3-5-7-16/h3-8,10,12,15,19,21H,9,11,13-14H2,1-2H3/t19-/m0/s1. The van der Waals surface area contributed by atoms with Crippen LogP contribution in [0.4, 0.5) is 0 Å². The minimum absolute atomic E-state index is 0.245. The number of hydrogen-bond acceptors (Lipinski definition) is 3. The molecular formula is C20H25NO2. The van der Waals surface area contributed by atoms with Crippen molar-refractivity contribution in [2.45, 2.75) is 45.4 Å². The molecule has 0 radical (unpaired) electrons. The van der Waals surface area contributed by atoms with E-state index in [4.69, 9.17) is 9.47 Å². The van der Waals surface area contributed by atoms with Gasteiger partial charge in [0.1, 0.15) is 24.2 Å². The molecule has 1 N–H and O–H groups in total. The van der Waals surface area contributed by atoms with Crippen LogP contribution in [0.3, 0.4) is 0 Å². The van der Waals surface area contributed by atoms with Crippen LogP contribution in [-0.4, -0.2) is 18.7 Å². The number of ether oxygens (including phenoxy) is 2. The molecule has 0 bridgehead atoms. The Morgan fingerprint density at radius 2 is 2.00 bits per heavy atom. The Kier molecular flexibility index (Phi) is 5.19. The van der Waals surface area contributed by atoms with Crippen molar-refractivity contribution in [3.05, 3.63) is 59.7 Å². The second kappa shape index (κ2) is 7.51. The molecule has 1 aliphatic heterocycles. The lowest BCUT2D eigenvalue weighted by Gasteiger charge is -2.27. The molecule has 2 aromatic rings. The second-order valence-electron chi connectivity index (χ2n) is 6.39. The van der Waals surface area contributed by atoms with Crippen LogP contribution < -0.4 is 14.8 Å². The number of aryl methyl sites for hydroxylation is 1. The van der Waals surface area contributed by atoms with Crippen LogP contribution >= 0.6 is 0 Å². The monoisotopic (exact) mass is 311 g/mol. The topological polar surface area (TPSA) is 30.5 Å². The van der Waals surface area contributed by atoms with E-state index in [1.54, 1.807) is 0 Å². The maximum Gasteiger partial charge on any atom is 0.126 e. The van der Waals surface area contributed by atoms with E-state index in [9.17, 15) is 0 Å². The van der Waals surface area contributed by atoms with E-state index in [1.807, 2.05) is 30.3 Å². The summed E-state index contributed by atoms with van der Waals surface area (Å²) < 4.78 is 12.0. The molecule has 1 aliphatic rings. The Morgan fingerprint density at radius 3 is 2.78 bits per heavy atom. The third kappa shape index (κ3) is 4.49. The fraction of sp³-hybridized carbons (Fsp3) is 0.400. The first-order valence-electron chi connectivity index (χ1n) is 8.40. The fourth-order valence-electron chi connectivity index (χ4n) is 2.75. The van der Waals surface area contributed by atoms with Gasteiger partial charge in [0, 0.05) is 18.7 Å². The van der Waals surface area contributed by atoms with Gasteiger partial charge in [-0.15, -0.1) is 0 Å². The highest BCUT2D eigenvalue weighted by atomic mass is 16.5. The molecule has 3 rings (SSSR count). The van der Waals surface area contributed by atoms with Crippen molar-refractivity contribution in [3.63, 3.8) is 0 Å². The minimum Gasteiger partial charge on any atom is -0.489 e. The molecule has 2 aromatic carbocycles. The summed E-state index contributed by atoms with van der Waals surface area (Å²) in [6.45, 7) is 5.79. The van der Waals surface area contributed by atoms with Crippen LogP contribution in [0.15, 0.2) is 48.5 Å². The lowest BCUT2D eigenvalue weighted by Crippen LogP contribution is -2.37. The molecule has 0 aromatic heterocycles. The van der Waals surface area contributed by atoms with Gasteiger partial charge in [0.05, 0.1) is 0 Å². The third-order valence-electron chi connectivity index (χ3n) is 4.07. The predicted octanol–water partition coefficient (Wildman–Crippen LogP) is 3.96. The number of fused-ring (bicyclic) bond motifs is 1. The average molecular weight is 311 g/mol. The first kappa shape index (κ1) is 15.9. The molecule has 0 unspecified atom stereocenters. The van der Waals surface area contributed by atoms with Crippen LogP contribution in [-0.2, 0) is 13.0 Å². The van der Waals surface area contributed by atoms with Crippen molar-refractivity contribution in [1.29, 1.82) is 0 Å². The molecule has 23 heavy (non-hydrogen) atoms. The fourth-order valence-corrected chi connectivity index (χ4v) is 2.75. The quantitative estimate of drug-likeness (QED) is 0.876. The molecule has 0 aliphatic carbocycles. The summed E-state index contributed by atoms with van der Waals surface area (Å²) in [5.74, 6) is 1.84. The van der Waals surface area contributed by atoms with E-state index >= 15 is 0 Å². The number of rotatable bonds is 6. The number of hydrogen-bond donors (Lipinski definition) is 1. The first-order chi connectivity index (χ1) is 11.2. The summed E-state index contributed by atoms with van der Waals surface area (Å²) in [4.78, 5) is 0. The van der Waals surface area contributed by atoms with Gasteiger partial charge in [-0.1, -0.05) is 50.2 Å². The van der Waals surface area contributed by atoms with Crippen molar-refractivity contribution in [1.82, 2.24) is 5.32 Å². The predicted molar refractivity (Wildman–Crippen MR) is 93.1 cm³/mol. The molecular weight excluding hydrogens is 286 g/mol. The van der Waals surface area contributed by atoms with Gasteiger partial charge in [-0.05, 0) is 30.0 Å². The van der Waals surface area contributed by atoms with Crippen molar-refractivity contribution in [2.75, 3.05) is 6.54 Å². The summed E-state index contributed by atoms with van der Waals surface area (Å²) in [7, 11) is 0. The molecule has 122 valence electrons. The zero-order valence-corrected chi connectivity index (χ0v) is 13.9. The molecule has 0 saturated carbocycles. The van der Waals surface area contributed by atoms with Gasteiger partial charge in [0.2, 0.25) is 0 Å². The normalized spacial score (nSPS) is 16.7. The SMILES string of the molecule is CC(C)NC[C@@H]1CCc2ccc(OCc3ccccc3)cc2O1. The van der Waals surface area contributed by atoms with E-state index in [-0.39, 0.29) is 6.10 Å². The molecule has 0 fully saturated rings. The molecule has 1 atom stereocenters. The smallest absolute Gasteiger partial charge is 0.126 e. The van der Waals surface area contributed by atoms with Gasteiger partial charge in [-0.25, -0.2) is 0 Å². The van der Waals surface area contributed by atoms with Crippen molar-refractivity contribution >= 4 is 0 Å². The number of nitrogens with one attached hydrogen (secondary N) is 1. The zero-order valence-electron chi connectivity index (χ0n) is 13.9. The Balaban J connectivity index is 1.61. The van der Waals surface area contributed by atoms with Gasteiger partial charge < -0.3 is 14.8 Å². The summed E-state index contributed by atoms with van der Waals surface area (Å²) in [5, 5.41) is 3.45. The minimum atomic E-state index is 0.245. The Bertz CT molecular complexity index is 625. The van der Waals surface area contributed by atoms with Crippen LogP contribution in [0.25, 0.3) is 0 Å². The second-order valence-corrected chi connectivity index (χ2v) is 6.39. The average Bonchev–Trinajstić information content (AvgIpc) is 2.58. The Morgan fingerprint density at radius 1 is 1.17 bits per heavy atom. The van der Waals surface area contributed by atoms with E-state index < -0.39 is 0 Å². The summed E-state index contributed by atoms with van der Waals surface area (Å²) >= 11 is 0. The molecule has 3 heteroatoms. The lowest BCUT2D eigenvalue weighted by molar-refractivity contribution is 0.166. The third-order valence-corrected chi connectivity index (χ3v) is 4.07. The van der Waals surface area contributed by atoms with E-state index in [0.717, 1.165) is 30.9 Å². The van der Waals surface area contributed by atoms with Crippen LogP contribution in [0, 0.1) is 0 Å². The zero-order chi connectivity index (χ0) is 16.1. The summed E-state index contributed by atoms with van der Waals surface area (Å²) in [5.41, 5.74) is 2.45. The highest BCUT2D eigenvalue weighted by molar-refractivity contribution is 5.42. The van der Waals surface area contributed by atoms with Crippen LogP contribution in [0.2, 0.25) is 0 Å². The van der Waals surface area contributed by atoms with Gasteiger partial charge in [0.15, 0.2) is 0 Å². The highest BCUT2D eigenvalue weighted by Crippen LogP contribution is 2.31. The van der Waals surface area contributed by atoms with Crippen LogP contribution in [0.5, 0.6) is 11.5 Å². The van der Waals surface area contributed by atoms with Crippen molar-refractivity contribution in [3.8, 4) is 11.5 Å². The maximum atomic E-state index is 6.13. The Hall–Kier alpha value is -2.00. The molecule has 0 amide bonds. The van der Waals surface area contributed by atoms with E-state index in [0.29, 0.717) is 12.6 Å². The van der Waals surface area contributed by atoms with Gasteiger partial charge in [-0.2, -0.15) is 0 Å². The highest BCUT2D eigenvalue weighted by Gasteiger charge is 2.20. The van der Waals surface area contributed by atoms with E-state index in [2.05, 4.69) is 37.4 Å². The molecule has 3 nitrogen and oxygen atoms in total. The van der Waals surface area contributed by atoms with Crippen molar-refractivity contribution in [2.24, 2.45) is 0 Å². The van der Waals surface area contributed by atoms with E-state index in [1.165, 1.54) is 11.1 Å². The van der Waals surface area contributed by atoms with Crippen LogP contribution in [0.1, 0.15) is 31.4 Å². The molecule has 0 saturated heterocycles. The largest absolute Gasteiger partial charge is 0.489 e. The van der Waals surface area contributed by atoms with Crippen molar-refractivity contribution < 1.29 is 9.47 Å². The van der Waals surface area contributed by atoms with Gasteiger partial charge >= 0.3 is 0 Å². The number of benzene rings is 2. The molecule has 1 heterocycles. The summed E-state index contributed by atoms with van der Waals surface area (Å²) in [6, 6.07) is 16.9. The summed E-state index contributed by atoms with van der Waals surface area (Å²) in [6.07, 6.45) is 2.38. The maximum absolute atomic E-state index is 6.13. The molecule has 0 spiro atoms. The van der Waals surface area contributed by atoms with Gasteiger partial charge in [0.25, 0.3) is 0 Å². The van der Waals surface area contributed by atoms with Gasteiger partial charge in [-0.3, -0.25) is 0 Å². The Labute approximate surface area is 138 Å².